The van der Waals surface area contributed by atoms with E-state index in [0.717, 1.165) is 19.4 Å². The van der Waals surface area contributed by atoms with E-state index in [1.54, 1.807) is 7.11 Å². The molecule has 2 atom stereocenters. The Bertz CT molecular complexity index is 268. The van der Waals surface area contributed by atoms with Crippen molar-refractivity contribution in [2.75, 3.05) is 13.7 Å². The smallest absolute Gasteiger partial charge is 0.0628 e. The monoisotopic (exact) mass is 223 g/mol. The summed E-state index contributed by atoms with van der Waals surface area (Å²) >= 11 is 0. The van der Waals surface area contributed by atoms with Gasteiger partial charge in [0.1, 0.15) is 0 Å². The summed E-state index contributed by atoms with van der Waals surface area (Å²) in [5.41, 5.74) is 0.217. The van der Waals surface area contributed by atoms with Crippen LogP contribution in [0.2, 0.25) is 0 Å². The minimum atomic E-state index is 0.217. The Hall–Kier alpha value is -0.590. The van der Waals surface area contributed by atoms with Gasteiger partial charge in [-0.2, -0.15) is 5.26 Å². The fraction of sp³-hybridized carbons (Fsp3) is 0.923. The largest absolute Gasteiger partial charge is 0.381 e. The van der Waals surface area contributed by atoms with Crippen molar-refractivity contribution < 1.29 is 9.47 Å². The molecular formula is C13H21NO2. The fourth-order valence-electron chi connectivity index (χ4n) is 2.48. The molecule has 0 spiro atoms. The summed E-state index contributed by atoms with van der Waals surface area (Å²) in [5, 5.41) is 8.73. The van der Waals surface area contributed by atoms with Crippen LogP contribution >= 0.6 is 0 Å². The zero-order chi connectivity index (χ0) is 11.4. The van der Waals surface area contributed by atoms with Crippen LogP contribution in [0.3, 0.4) is 0 Å². The van der Waals surface area contributed by atoms with Crippen molar-refractivity contribution in [2.45, 2.75) is 57.2 Å². The van der Waals surface area contributed by atoms with Gasteiger partial charge in [-0.05, 0) is 38.5 Å². The molecule has 0 aromatic rings. The Kier molecular flexibility index (Phi) is 3.83. The maximum atomic E-state index is 8.73. The second-order valence-electron chi connectivity index (χ2n) is 5.29. The number of hydrogen-bond acceptors (Lipinski definition) is 3. The van der Waals surface area contributed by atoms with Gasteiger partial charge in [0.05, 0.1) is 24.9 Å². The van der Waals surface area contributed by atoms with Crippen LogP contribution in [0, 0.1) is 16.7 Å². The number of nitrogens with zero attached hydrogens (tertiary/aromatic N) is 1. The fourth-order valence-corrected chi connectivity index (χ4v) is 2.48. The van der Waals surface area contributed by atoms with Gasteiger partial charge in [0, 0.05) is 18.9 Å². The van der Waals surface area contributed by atoms with Crippen molar-refractivity contribution in [2.24, 2.45) is 5.41 Å². The van der Waals surface area contributed by atoms with Crippen LogP contribution in [-0.2, 0) is 9.47 Å². The second kappa shape index (κ2) is 5.16. The Morgan fingerprint density at radius 1 is 1.31 bits per heavy atom. The average molecular weight is 223 g/mol. The molecule has 3 nitrogen and oxygen atoms in total. The highest BCUT2D eigenvalue weighted by Crippen LogP contribution is 2.49. The third-order valence-electron chi connectivity index (χ3n) is 3.95. The molecule has 2 rings (SSSR count). The predicted octanol–water partition coefficient (Wildman–Crippen LogP) is 2.65. The Balaban J connectivity index is 1.71. The van der Waals surface area contributed by atoms with Gasteiger partial charge >= 0.3 is 0 Å². The second-order valence-corrected chi connectivity index (χ2v) is 5.29. The van der Waals surface area contributed by atoms with Gasteiger partial charge in [-0.25, -0.2) is 0 Å². The molecule has 0 amide bonds. The van der Waals surface area contributed by atoms with E-state index in [4.69, 9.17) is 14.7 Å². The topological polar surface area (TPSA) is 42.2 Å². The standard InChI is InChI=1S/C13H21NO2/c1-15-11-3-2-4-12(9-11)16-10-13(5-6-13)7-8-14/h11-12H,2-7,9-10H2,1H3. The molecule has 3 heteroatoms. The summed E-state index contributed by atoms with van der Waals surface area (Å²) in [5.74, 6) is 0. The first-order valence-electron chi connectivity index (χ1n) is 6.29. The average Bonchev–Trinajstić information content (AvgIpc) is 3.08. The first-order valence-corrected chi connectivity index (χ1v) is 6.29. The van der Waals surface area contributed by atoms with Gasteiger partial charge < -0.3 is 9.47 Å². The van der Waals surface area contributed by atoms with E-state index in [-0.39, 0.29) is 5.41 Å². The molecule has 0 saturated heterocycles. The normalized spacial score (nSPS) is 32.0. The molecule has 0 aromatic carbocycles. The summed E-state index contributed by atoms with van der Waals surface area (Å²) in [6, 6.07) is 2.27. The first-order chi connectivity index (χ1) is 7.78. The minimum Gasteiger partial charge on any atom is -0.381 e. The molecule has 2 aliphatic rings. The van der Waals surface area contributed by atoms with E-state index in [2.05, 4.69) is 6.07 Å². The lowest BCUT2D eigenvalue weighted by molar-refractivity contribution is -0.0429. The minimum absolute atomic E-state index is 0.217. The molecule has 0 aromatic heterocycles. The Morgan fingerprint density at radius 2 is 2.06 bits per heavy atom. The van der Waals surface area contributed by atoms with Crippen LogP contribution in [-0.4, -0.2) is 25.9 Å². The van der Waals surface area contributed by atoms with E-state index in [1.807, 2.05) is 0 Å². The van der Waals surface area contributed by atoms with Crippen molar-refractivity contribution in [1.82, 2.24) is 0 Å². The maximum Gasteiger partial charge on any atom is 0.0628 e. The molecule has 0 N–H and O–H groups in total. The van der Waals surface area contributed by atoms with Crippen LogP contribution < -0.4 is 0 Å². The third kappa shape index (κ3) is 2.96. The first kappa shape index (κ1) is 11.9. The van der Waals surface area contributed by atoms with Crippen LogP contribution in [0.15, 0.2) is 0 Å². The summed E-state index contributed by atoms with van der Waals surface area (Å²) in [7, 11) is 1.78. The van der Waals surface area contributed by atoms with Crippen LogP contribution in [0.5, 0.6) is 0 Å². The molecule has 2 fully saturated rings. The van der Waals surface area contributed by atoms with Crippen molar-refractivity contribution in [3.05, 3.63) is 0 Å². The number of nitriles is 1. The number of methoxy groups -OCH3 is 1. The van der Waals surface area contributed by atoms with Crippen molar-refractivity contribution in [3.8, 4) is 6.07 Å². The van der Waals surface area contributed by atoms with Gasteiger partial charge in [0.2, 0.25) is 0 Å². The highest BCUT2D eigenvalue weighted by atomic mass is 16.5. The van der Waals surface area contributed by atoms with E-state index in [0.29, 0.717) is 18.6 Å². The highest BCUT2D eigenvalue weighted by molar-refractivity contribution is 4.99. The van der Waals surface area contributed by atoms with Gasteiger partial charge in [-0.1, -0.05) is 0 Å². The molecule has 0 radical (unpaired) electrons. The van der Waals surface area contributed by atoms with Gasteiger partial charge in [-0.15, -0.1) is 0 Å². The van der Waals surface area contributed by atoms with E-state index in [1.165, 1.54) is 25.7 Å². The van der Waals surface area contributed by atoms with Gasteiger partial charge in [-0.3, -0.25) is 0 Å². The van der Waals surface area contributed by atoms with Gasteiger partial charge in [0.15, 0.2) is 0 Å². The van der Waals surface area contributed by atoms with Crippen molar-refractivity contribution in [1.29, 1.82) is 5.26 Å². The summed E-state index contributed by atoms with van der Waals surface area (Å²) in [6.07, 6.45) is 8.28. The van der Waals surface area contributed by atoms with Crippen LogP contribution in [0.25, 0.3) is 0 Å². The number of rotatable bonds is 5. The van der Waals surface area contributed by atoms with Crippen molar-refractivity contribution in [3.63, 3.8) is 0 Å². The summed E-state index contributed by atoms with van der Waals surface area (Å²) in [4.78, 5) is 0. The van der Waals surface area contributed by atoms with Gasteiger partial charge in [0.25, 0.3) is 0 Å². The number of ether oxygens (including phenoxy) is 2. The van der Waals surface area contributed by atoms with Crippen LogP contribution in [0.4, 0.5) is 0 Å². The molecule has 90 valence electrons. The quantitative estimate of drug-likeness (QED) is 0.719. The molecule has 0 aliphatic heterocycles. The molecule has 16 heavy (non-hydrogen) atoms. The van der Waals surface area contributed by atoms with Crippen molar-refractivity contribution >= 4 is 0 Å². The highest BCUT2D eigenvalue weighted by Gasteiger charge is 2.43. The summed E-state index contributed by atoms with van der Waals surface area (Å²) < 4.78 is 11.3. The van der Waals surface area contributed by atoms with E-state index >= 15 is 0 Å². The van der Waals surface area contributed by atoms with E-state index in [9.17, 15) is 0 Å². The molecule has 2 aliphatic carbocycles. The molecule has 2 unspecified atom stereocenters. The molecule has 2 saturated carbocycles. The summed E-state index contributed by atoms with van der Waals surface area (Å²) in [6.45, 7) is 0.779. The van der Waals surface area contributed by atoms with Crippen LogP contribution in [0.1, 0.15) is 44.9 Å². The Labute approximate surface area is 97.7 Å². The van der Waals surface area contributed by atoms with E-state index < -0.39 is 0 Å². The predicted molar refractivity (Wildman–Crippen MR) is 60.9 cm³/mol. The lowest BCUT2D eigenvalue weighted by Gasteiger charge is -2.29. The zero-order valence-electron chi connectivity index (χ0n) is 10.1. The molecule has 0 bridgehead atoms. The molecule has 0 heterocycles. The third-order valence-corrected chi connectivity index (χ3v) is 3.95. The lowest BCUT2D eigenvalue weighted by atomic mass is 9.94. The lowest BCUT2D eigenvalue weighted by Crippen LogP contribution is -2.29. The SMILES string of the molecule is COC1CCCC(OCC2(CC#N)CC2)C1. The molecular weight excluding hydrogens is 202 g/mol. The Morgan fingerprint density at radius 3 is 2.69 bits per heavy atom. The maximum absolute atomic E-state index is 8.73. The number of hydrogen-bond donors (Lipinski definition) is 0. The zero-order valence-corrected chi connectivity index (χ0v) is 10.1.